The maximum atomic E-state index is 8.66. The maximum Gasteiger partial charge on any atom is 0.120 e. The number of aliphatic hydroxyl groups excluding tert-OH is 1. The van der Waals surface area contributed by atoms with Crippen LogP contribution in [0.25, 0.3) is 0 Å². The Labute approximate surface area is 112 Å². The number of imidazole rings is 1. The molecular weight excluding hydrogens is 240 g/mol. The molecule has 0 saturated heterocycles. The van der Waals surface area contributed by atoms with E-state index in [9.17, 15) is 0 Å². The SMILES string of the molecule is Cn1ccnc1CCOc1cccc(C#CCO)c1. The predicted octanol–water partition coefficient (Wildman–Crippen LogP) is 1.39. The number of aliphatic hydroxyl groups is 1. The topological polar surface area (TPSA) is 47.3 Å². The average Bonchev–Trinajstić information content (AvgIpc) is 2.83. The van der Waals surface area contributed by atoms with E-state index in [1.807, 2.05) is 42.1 Å². The lowest BCUT2D eigenvalue weighted by molar-refractivity contribution is 0.317. The standard InChI is InChI=1S/C15H16N2O2/c1-17-9-8-16-15(17)7-11-19-14-6-2-4-13(12-14)5-3-10-18/h2,4,6,8-9,12,18H,7,10-11H2,1H3. The summed E-state index contributed by atoms with van der Waals surface area (Å²) in [6.07, 6.45) is 4.46. The van der Waals surface area contributed by atoms with E-state index in [1.165, 1.54) is 0 Å². The van der Waals surface area contributed by atoms with Gasteiger partial charge in [-0.2, -0.15) is 0 Å². The van der Waals surface area contributed by atoms with E-state index in [1.54, 1.807) is 6.20 Å². The summed E-state index contributed by atoms with van der Waals surface area (Å²) < 4.78 is 7.65. The molecule has 4 heteroatoms. The molecule has 98 valence electrons. The highest BCUT2D eigenvalue weighted by Crippen LogP contribution is 2.12. The molecule has 0 atom stereocenters. The fourth-order valence-corrected chi connectivity index (χ4v) is 1.70. The molecule has 0 amide bonds. The summed E-state index contributed by atoms with van der Waals surface area (Å²) in [6.45, 7) is 0.436. The Morgan fingerprint density at radius 1 is 1.42 bits per heavy atom. The lowest BCUT2D eigenvalue weighted by Gasteiger charge is -2.06. The molecule has 1 aromatic heterocycles. The van der Waals surface area contributed by atoms with Gasteiger partial charge in [0.1, 0.15) is 18.2 Å². The summed E-state index contributed by atoms with van der Waals surface area (Å²) in [4.78, 5) is 4.24. The number of rotatable bonds is 4. The van der Waals surface area contributed by atoms with E-state index in [-0.39, 0.29) is 6.61 Å². The van der Waals surface area contributed by atoms with Gasteiger partial charge in [0.2, 0.25) is 0 Å². The van der Waals surface area contributed by atoms with E-state index >= 15 is 0 Å². The third kappa shape index (κ3) is 3.87. The van der Waals surface area contributed by atoms with Crippen molar-refractivity contribution in [3.63, 3.8) is 0 Å². The van der Waals surface area contributed by atoms with Gasteiger partial charge in [-0.25, -0.2) is 4.98 Å². The molecule has 0 aliphatic heterocycles. The van der Waals surface area contributed by atoms with Crippen LogP contribution in [0.3, 0.4) is 0 Å². The van der Waals surface area contributed by atoms with Crippen molar-refractivity contribution in [2.45, 2.75) is 6.42 Å². The molecule has 0 unspecified atom stereocenters. The number of benzene rings is 1. The Balaban J connectivity index is 1.91. The molecule has 0 aliphatic rings. The first kappa shape index (κ1) is 13.2. The first-order valence-electron chi connectivity index (χ1n) is 6.08. The first-order chi connectivity index (χ1) is 9.29. The van der Waals surface area contributed by atoms with Crippen molar-refractivity contribution in [3.8, 4) is 17.6 Å². The smallest absolute Gasteiger partial charge is 0.120 e. The van der Waals surface area contributed by atoms with Crippen LogP contribution >= 0.6 is 0 Å². The number of hydrogen-bond acceptors (Lipinski definition) is 3. The molecule has 0 bridgehead atoms. The van der Waals surface area contributed by atoms with Gasteiger partial charge in [-0.05, 0) is 18.2 Å². The molecule has 0 aliphatic carbocycles. The minimum Gasteiger partial charge on any atom is -0.493 e. The second-order valence-corrected chi connectivity index (χ2v) is 4.04. The third-order valence-electron chi connectivity index (χ3n) is 2.66. The van der Waals surface area contributed by atoms with Gasteiger partial charge < -0.3 is 14.4 Å². The Morgan fingerprint density at radius 2 is 2.32 bits per heavy atom. The van der Waals surface area contributed by atoms with Crippen LogP contribution in [-0.4, -0.2) is 27.9 Å². The number of hydrogen-bond donors (Lipinski definition) is 1. The van der Waals surface area contributed by atoms with Crippen molar-refractivity contribution in [1.82, 2.24) is 9.55 Å². The second-order valence-electron chi connectivity index (χ2n) is 4.04. The Bertz CT molecular complexity index is 593. The number of nitrogens with zero attached hydrogens (tertiary/aromatic N) is 2. The number of aryl methyl sites for hydroxylation is 1. The van der Waals surface area contributed by atoms with Gasteiger partial charge in [0.15, 0.2) is 0 Å². The minimum atomic E-state index is -0.135. The van der Waals surface area contributed by atoms with E-state index in [0.29, 0.717) is 6.61 Å². The predicted molar refractivity (Wildman–Crippen MR) is 72.8 cm³/mol. The van der Waals surface area contributed by atoms with Crippen LogP contribution in [0, 0.1) is 11.8 Å². The lowest BCUT2D eigenvalue weighted by Crippen LogP contribution is -2.06. The molecular formula is C15H16N2O2. The molecule has 0 saturated carbocycles. The molecule has 0 radical (unpaired) electrons. The fraction of sp³-hybridized carbons (Fsp3) is 0.267. The second kappa shape index (κ2) is 6.62. The van der Waals surface area contributed by atoms with Crippen LogP contribution in [0.15, 0.2) is 36.7 Å². The van der Waals surface area contributed by atoms with Crippen LogP contribution in [-0.2, 0) is 13.5 Å². The zero-order chi connectivity index (χ0) is 13.5. The van der Waals surface area contributed by atoms with Gasteiger partial charge in [-0.1, -0.05) is 17.9 Å². The zero-order valence-corrected chi connectivity index (χ0v) is 10.8. The Morgan fingerprint density at radius 3 is 3.05 bits per heavy atom. The van der Waals surface area contributed by atoms with Crippen molar-refractivity contribution in [2.24, 2.45) is 7.05 Å². The molecule has 1 aromatic carbocycles. The van der Waals surface area contributed by atoms with Gasteiger partial charge in [0, 0.05) is 31.4 Å². The molecule has 1 N–H and O–H groups in total. The molecule has 1 heterocycles. The first-order valence-corrected chi connectivity index (χ1v) is 6.08. The van der Waals surface area contributed by atoms with Gasteiger partial charge in [0.25, 0.3) is 0 Å². The summed E-state index contributed by atoms with van der Waals surface area (Å²) in [5, 5.41) is 8.66. The van der Waals surface area contributed by atoms with Crippen molar-refractivity contribution in [3.05, 3.63) is 48.0 Å². The summed E-state index contributed by atoms with van der Waals surface area (Å²) in [5.41, 5.74) is 0.837. The van der Waals surface area contributed by atoms with Crippen LogP contribution in [0.4, 0.5) is 0 Å². The van der Waals surface area contributed by atoms with Crippen LogP contribution in [0.2, 0.25) is 0 Å². The molecule has 4 nitrogen and oxygen atoms in total. The Hall–Kier alpha value is -2.25. The van der Waals surface area contributed by atoms with E-state index < -0.39 is 0 Å². The maximum absolute atomic E-state index is 8.66. The van der Waals surface area contributed by atoms with Gasteiger partial charge >= 0.3 is 0 Å². The highest BCUT2D eigenvalue weighted by Gasteiger charge is 2.00. The van der Waals surface area contributed by atoms with Crippen molar-refractivity contribution in [1.29, 1.82) is 0 Å². The summed E-state index contributed by atoms with van der Waals surface area (Å²) in [6, 6.07) is 7.52. The lowest BCUT2D eigenvalue weighted by atomic mass is 10.2. The van der Waals surface area contributed by atoms with Gasteiger partial charge in [0.05, 0.1) is 6.61 Å². The molecule has 2 rings (SSSR count). The average molecular weight is 256 g/mol. The molecule has 2 aromatic rings. The number of aromatic nitrogens is 2. The Kier molecular flexibility index (Phi) is 4.60. The normalized spacial score (nSPS) is 9.79. The zero-order valence-electron chi connectivity index (χ0n) is 10.8. The highest BCUT2D eigenvalue weighted by molar-refractivity contribution is 5.39. The number of ether oxygens (including phenoxy) is 1. The summed E-state index contributed by atoms with van der Waals surface area (Å²) in [5.74, 6) is 7.24. The van der Waals surface area contributed by atoms with E-state index in [0.717, 1.165) is 23.6 Å². The van der Waals surface area contributed by atoms with Crippen molar-refractivity contribution in [2.75, 3.05) is 13.2 Å². The van der Waals surface area contributed by atoms with Crippen LogP contribution < -0.4 is 4.74 Å². The van der Waals surface area contributed by atoms with Crippen LogP contribution in [0.1, 0.15) is 11.4 Å². The largest absolute Gasteiger partial charge is 0.493 e. The highest BCUT2D eigenvalue weighted by atomic mass is 16.5. The summed E-state index contributed by atoms with van der Waals surface area (Å²) in [7, 11) is 1.97. The van der Waals surface area contributed by atoms with Gasteiger partial charge in [-0.15, -0.1) is 0 Å². The fourth-order valence-electron chi connectivity index (χ4n) is 1.70. The minimum absolute atomic E-state index is 0.135. The van der Waals surface area contributed by atoms with Crippen molar-refractivity contribution < 1.29 is 9.84 Å². The molecule has 0 fully saturated rings. The van der Waals surface area contributed by atoms with E-state index in [4.69, 9.17) is 9.84 Å². The third-order valence-corrected chi connectivity index (χ3v) is 2.66. The van der Waals surface area contributed by atoms with E-state index in [2.05, 4.69) is 16.8 Å². The van der Waals surface area contributed by atoms with Crippen LogP contribution in [0.5, 0.6) is 5.75 Å². The molecule has 19 heavy (non-hydrogen) atoms. The quantitative estimate of drug-likeness (QED) is 0.841. The van der Waals surface area contributed by atoms with Crippen molar-refractivity contribution >= 4 is 0 Å². The van der Waals surface area contributed by atoms with Gasteiger partial charge in [-0.3, -0.25) is 0 Å². The monoisotopic (exact) mass is 256 g/mol. The molecule has 0 spiro atoms. The summed E-state index contributed by atoms with van der Waals surface area (Å²) >= 11 is 0.